The molecule has 9 aromatic carbocycles. The van der Waals surface area contributed by atoms with E-state index in [4.69, 9.17) is 0 Å². The maximum Gasteiger partial charge on any atom is 0.0543 e. The first kappa shape index (κ1) is 39.0. The van der Waals surface area contributed by atoms with Crippen LogP contribution < -0.4 is 9.80 Å². The monoisotopic (exact) mass is 848 g/mol. The number of anilines is 6. The summed E-state index contributed by atoms with van der Waals surface area (Å²) >= 11 is 0. The average Bonchev–Trinajstić information content (AvgIpc) is 4.20. The first-order chi connectivity index (χ1) is 32.7. The van der Waals surface area contributed by atoms with Crippen LogP contribution in [0.3, 0.4) is 0 Å². The SMILES string of the molecule is c1ccc(-c2ccc(N(c3ccccc3)c3cccc4c3-c3cc5c(cc3C43CCCC3)-c3c(N(c4ccccc4)c4ccc(-c6ccccc6)cc4)cccc3C53CCCC3)cc2)cc1. The quantitative estimate of drug-likeness (QED) is 0.150. The fourth-order valence-corrected chi connectivity index (χ4v) is 12.8. The molecule has 0 aromatic heterocycles. The molecule has 2 fully saturated rings. The molecule has 2 nitrogen and oxygen atoms in total. The number of benzene rings is 9. The highest BCUT2D eigenvalue weighted by Crippen LogP contribution is 2.66. The van der Waals surface area contributed by atoms with Gasteiger partial charge in [0.2, 0.25) is 0 Å². The van der Waals surface area contributed by atoms with Gasteiger partial charge in [0, 0.05) is 44.7 Å². The summed E-state index contributed by atoms with van der Waals surface area (Å²) in [6.45, 7) is 0. The lowest BCUT2D eigenvalue weighted by atomic mass is 9.74. The van der Waals surface area contributed by atoms with Crippen molar-refractivity contribution in [3.63, 3.8) is 0 Å². The van der Waals surface area contributed by atoms with E-state index in [9.17, 15) is 0 Å². The molecule has 2 spiro atoms. The Hall–Kier alpha value is -7.42. The van der Waals surface area contributed by atoms with Crippen LogP contribution in [0.4, 0.5) is 34.1 Å². The lowest BCUT2D eigenvalue weighted by Crippen LogP contribution is -2.22. The van der Waals surface area contributed by atoms with Gasteiger partial charge in [-0.05, 0) is 154 Å². The van der Waals surface area contributed by atoms with Crippen LogP contribution in [-0.4, -0.2) is 0 Å². The van der Waals surface area contributed by atoms with Gasteiger partial charge in [-0.3, -0.25) is 0 Å². The van der Waals surface area contributed by atoms with Crippen LogP contribution in [0.25, 0.3) is 44.5 Å². The highest BCUT2D eigenvalue weighted by Gasteiger charge is 2.51. The molecule has 2 saturated carbocycles. The number of para-hydroxylation sites is 2. The van der Waals surface area contributed by atoms with Gasteiger partial charge in [0.1, 0.15) is 0 Å². The summed E-state index contributed by atoms with van der Waals surface area (Å²) in [5.41, 5.74) is 23.9. The zero-order valence-electron chi connectivity index (χ0n) is 37.3. The Labute approximate surface area is 389 Å². The molecule has 0 unspecified atom stereocenters. The van der Waals surface area contributed by atoms with Crippen LogP contribution >= 0.6 is 0 Å². The fraction of sp³-hybridized carbons (Fsp3) is 0.156. The fourth-order valence-electron chi connectivity index (χ4n) is 12.8. The molecule has 0 bridgehead atoms. The minimum Gasteiger partial charge on any atom is -0.310 e. The summed E-state index contributed by atoms with van der Waals surface area (Å²) in [7, 11) is 0. The first-order valence-electron chi connectivity index (χ1n) is 24.2. The average molecular weight is 849 g/mol. The van der Waals surface area contributed by atoms with Crippen LogP contribution in [0.1, 0.15) is 73.6 Å². The van der Waals surface area contributed by atoms with Crippen LogP contribution in [0.2, 0.25) is 0 Å². The molecule has 2 heteroatoms. The van der Waals surface area contributed by atoms with Crippen molar-refractivity contribution in [2.45, 2.75) is 62.2 Å². The molecule has 0 N–H and O–H groups in total. The van der Waals surface area contributed by atoms with Gasteiger partial charge in [0.25, 0.3) is 0 Å². The van der Waals surface area contributed by atoms with Gasteiger partial charge in [0.05, 0.1) is 11.4 Å². The number of fused-ring (bicyclic) bond motifs is 10. The zero-order valence-corrected chi connectivity index (χ0v) is 37.3. The van der Waals surface area contributed by atoms with E-state index in [0.29, 0.717) is 0 Å². The summed E-state index contributed by atoms with van der Waals surface area (Å²) in [6, 6.07) is 81.8. The molecule has 13 rings (SSSR count). The number of hydrogen-bond acceptors (Lipinski definition) is 2. The molecular formula is C64H52N2. The third-order valence-electron chi connectivity index (χ3n) is 15.7. The van der Waals surface area contributed by atoms with Crippen LogP contribution in [0.15, 0.2) is 218 Å². The molecular weight excluding hydrogens is 797 g/mol. The Morgan fingerprint density at radius 2 is 0.591 bits per heavy atom. The summed E-state index contributed by atoms with van der Waals surface area (Å²) in [4.78, 5) is 5.05. The first-order valence-corrected chi connectivity index (χ1v) is 24.2. The molecule has 66 heavy (non-hydrogen) atoms. The lowest BCUT2D eigenvalue weighted by molar-refractivity contribution is 0.543. The Morgan fingerprint density at radius 1 is 0.273 bits per heavy atom. The number of hydrogen-bond donors (Lipinski definition) is 0. The van der Waals surface area contributed by atoms with Gasteiger partial charge in [-0.25, -0.2) is 0 Å². The molecule has 0 atom stereocenters. The number of nitrogens with zero attached hydrogens (tertiary/aromatic N) is 2. The van der Waals surface area contributed by atoms with E-state index in [1.807, 2.05) is 0 Å². The Kier molecular flexibility index (Phi) is 9.24. The summed E-state index contributed by atoms with van der Waals surface area (Å²) in [5, 5.41) is 0. The molecule has 0 radical (unpaired) electrons. The van der Waals surface area contributed by atoms with E-state index in [0.717, 1.165) is 0 Å². The summed E-state index contributed by atoms with van der Waals surface area (Å²) in [6.07, 6.45) is 9.69. The molecule has 0 aliphatic heterocycles. The third kappa shape index (κ3) is 6.01. The van der Waals surface area contributed by atoms with E-state index in [1.165, 1.54) is 152 Å². The van der Waals surface area contributed by atoms with Gasteiger partial charge >= 0.3 is 0 Å². The van der Waals surface area contributed by atoms with Crippen molar-refractivity contribution in [3.05, 3.63) is 241 Å². The minimum atomic E-state index is -0.0256. The molecule has 0 amide bonds. The Balaban J connectivity index is 1.02. The van der Waals surface area contributed by atoms with E-state index in [1.54, 1.807) is 0 Å². The van der Waals surface area contributed by atoms with Crippen molar-refractivity contribution >= 4 is 34.1 Å². The second-order valence-corrected chi connectivity index (χ2v) is 19.1. The van der Waals surface area contributed by atoms with Gasteiger partial charge in [0.15, 0.2) is 0 Å². The van der Waals surface area contributed by atoms with Gasteiger partial charge in [-0.1, -0.05) is 171 Å². The molecule has 0 saturated heterocycles. The topological polar surface area (TPSA) is 6.48 Å². The van der Waals surface area contributed by atoms with Crippen molar-refractivity contribution < 1.29 is 0 Å². The summed E-state index contributed by atoms with van der Waals surface area (Å²) < 4.78 is 0. The maximum absolute atomic E-state index is 2.72. The molecule has 318 valence electrons. The Morgan fingerprint density at radius 3 is 0.955 bits per heavy atom. The second kappa shape index (κ2) is 15.6. The predicted octanol–water partition coefficient (Wildman–Crippen LogP) is 17.6. The predicted molar refractivity (Wildman–Crippen MR) is 276 cm³/mol. The van der Waals surface area contributed by atoms with Crippen molar-refractivity contribution in [1.29, 1.82) is 0 Å². The maximum atomic E-state index is 2.72. The summed E-state index contributed by atoms with van der Waals surface area (Å²) in [5.74, 6) is 0. The lowest BCUT2D eigenvalue weighted by Gasteiger charge is -2.30. The normalized spacial score (nSPS) is 15.6. The largest absolute Gasteiger partial charge is 0.310 e. The van der Waals surface area contributed by atoms with Crippen LogP contribution in [-0.2, 0) is 10.8 Å². The van der Waals surface area contributed by atoms with Gasteiger partial charge < -0.3 is 9.80 Å². The standard InChI is InChI=1S/C64H52N2/c1-5-19-45(20-6-1)47-31-35-51(36-32-47)65(49-23-9-3-10-24-49)59-29-17-27-55-61(59)53-43-58-54(44-57(53)63(55)39-13-14-40-63)62-56(64(58)41-15-16-42-64)28-18-30-60(62)66(50-25-11-4-12-26-50)52-37-33-48(34-38-52)46-21-7-2-8-22-46/h1-12,17-38,43-44H,13-16,39-42H2. The van der Waals surface area contributed by atoms with Crippen molar-refractivity contribution in [3.8, 4) is 44.5 Å². The van der Waals surface area contributed by atoms with E-state index in [-0.39, 0.29) is 10.8 Å². The van der Waals surface area contributed by atoms with Crippen molar-refractivity contribution in [2.24, 2.45) is 0 Å². The van der Waals surface area contributed by atoms with Crippen molar-refractivity contribution in [2.75, 3.05) is 9.80 Å². The zero-order chi connectivity index (χ0) is 43.7. The highest BCUT2D eigenvalue weighted by atomic mass is 15.2. The molecule has 9 aromatic rings. The Bertz CT molecular complexity index is 2990. The smallest absolute Gasteiger partial charge is 0.0543 e. The van der Waals surface area contributed by atoms with E-state index >= 15 is 0 Å². The highest BCUT2D eigenvalue weighted by molar-refractivity contribution is 6.01. The number of rotatable bonds is 8. The van der Waals surface area contributed by atoms with Crippen LogP contribution in [0.5, 0.6) is 0 Å². The molecule has 4 aliphatic rings. The van der Waals surface area contributed by atoms with E-state index < -0.39 is 0 Å². The molecule has 0 heterocycles. The second-order valence-electron chi connectivity index (χ2n) is 19.1. The third-order valence-corrected chi connectivity index (χ3v) is 15.7. The van der Waals surface area contributed by atoms with Crippen molar-refractivity contribution in [1.82, 2.24) is 0 Å². The van der Waals surface area contributed by atoms with Gasteiger partial charge in [-0.15, -0.1) is 0 Å². The minimum absolute atomic E-state index is 0.0256. The van der Waals surface area contributed by atoms with Gasteiger partial charge in [-0.2, -0.15) is 0 Å². The van der Waals surface area contributed by atoms with Crippen LogP contribution in [0, 0.1) is 0 Å². The molecule has 4 aliphatic carbocycles. The van der Waals surface area contributed by atoms with E-state index in [2.05, 4.69) is 228 Å².